The number of carbonyl (C=O) groups excluding carboxylic acids is 1. The maximum absolute atomic E-state index is 12.1. The zero-order chi connectivity index (χ0) is 13.2. The molecular weight excluding hydrogens is 244 g/mol. The van der Waals surface area contributed by atoms with Crippen molar-refractivity contribution in [2.24, 2.45) is 0 Å². The van der Waals surface area contributed by atoms with Crippen LogP contribution in [0.3, 0.4) is 0 Å². The fraction of sp³-hybridized carbons (Fsp3) is 0.417. The lowest BCUT2D eigenvalue weighted by atomic mass is 10.0. The molecule has 1 aliphatic heterocycles. The number of hydrogen-bond acceptors (Lipinski definition) is 4. The minimum absolute atomic E-state index is 0.00532. The largest absolute Gasteiger partial charge is 0.351 e. The number of aromatic amines is 2. The Labute approximate surface area is 110 Å². The van der Waals surface area contributed by atoms with Crippen LogP contribution >= 0.6 is 0 Å². The summed E-state index contributed by atoms with van der Waals surface area (Å²) in [4.78, 5) is 19.4. The first-order valence-electron chi connectivity index (χ1n) is 6.25. The SMILES string of the molecule is Cc1[nH]ncc1CNC(=O)C1Cc2nc[nH]c2CN1. The van der Waals surface area contributed by atoms with Crippen LogP contribution in [0.1, 0.15) is 22.6 Å². The number of fused-ring (bicyclic) bond motifs is 1. The van der Waals surface area contributed by atoms with Crippen molar-refractivity contribution in [2.45, 2.75) is 32.5 Å². The van der Waals surface area contributed by atoms with E-state index in [1.807, 2.05) is 6.92 Å². The van der Waals surface area contributed by atoms with E-state index in [0.29, 0.717) is 19.5 Å². The topological polar surface area (TPSA) is 98.5 Å². The van der Waals surface area contributed by atoms with Crippen molar-refractivity contribution < 1.29 is 4.79 Å². The standard InChI is InChI=1S/C12H16N6O/c1-7-8(4-17-18-7)3-14-12(19)10-2-9-11(5-13-10)16-6-15-9/h4,6,10,13H,2-3,5H2,1H3,(H,14,19)(H,15,16)(H,17,18). The van der Waals surface area contributed by atoms with Crippen LogP contribution < -0.4 is 10.6 Å². The molecule has 0 aliphatic carbocycles. The van der Waals surface area contributed by atoms with Gasteiger partial charge in [-0.15, -0.1) is 0 Å². The number of imidazole rings is 1. The molecule has 2 aromatic rings. The first-order valence-corrected chi connectivity index (χ1v) is 6.25. The van der Waals surface area contributed by atoms with E-state index in [2.05, 4.69) is 30.8 Å². The minimum Gasteiger partial charge on any atom is -0.351 e. The number of rotatable bonds is 3. The van der Waals surface area contributed by atoms with Crippen LogP contribution in [0.2, 0.25) is 0 Å². The molecule has 100 valence electrons. The number of aryl methyl sites for hydroxylation is 1. The van der Waals surface area contributed by atoms with Gasteiger partial charge in [0, 0.05) is 30.8 Å². The first kappa shape index (κ1) is 11.9. The van der Waals surface area contributed by atoms with Crippen molar-refractivity contribution in [2.75, 3.05) is 0 Å². The lowest BCUT2D eigenvalue weighted by molar-refractivity contribution is -0.123. The second-order valence-corrected chi connectivity index (χ2v) is 4.70. The van der Waals surface area contributed by atoms with Crippen LogP contribution in [-0.4, -0.2) is 32.1 Å². The van der Waals surface area contributed by atoms with Crippen LogP contribution in [-0.2, 0) is 24.3 Å². The summed E-state index contributed by atoms with van der Waals surface area (Å²) in [6.45, 7) is 3.08. The van der Waals surface area contributed by atoms with E-state index in [-0.39, 0.29) is 11.9 Å². The number of nitrogens with one attached hydrogen (secondary N) is 4. The van der Waals surface area contributed by atoms with E-state index in [0.717, 1.165) is 22.6 Å². The third kappa shape index (κ3) is 2.37. The molecule has 19 heavy (non-hydrogen) atoms. The maximum Gasteiger partial charge on any atom is 0.237 e. The van der Waals surface area contributed by atoms with Gasteiger partial charge in [-0.1, -0.05) is 0 Å². The molecule has 0 radical (unpaired) electrons. The monoisotopic (exact) mass is 260 g/mol. The number of carbonyl (C=O) groups is 1. The number of aromatic nitrogens is 4. The summed E-state index contributed by atoms with van der Waals surface area (Å²) in [5.74, 6) is -0.00532. The van der Waals surface area contributed by atoms with Gasteiger partial charge in [-0.05, 0) is 6.92 Å². The normalized spacial score (nSPS) is 18.1. The Hall–Kier alpha value is -2.15. The van der Waals surface area contributed by atoms with Crippen LogP contribution in [0, 0.1) is 6.92 Å². The highest BCUT2D eigenvalue weighted by Gasteiger charge is 2.25. The van der Waals surface area contributed by atoms with Gasteiger partial charge in [-0.25, -0.2) is 4.98 Å². The molecule has 0 aromatic carbocycles. The highest BCUT2D eigenvalue weighted by atomic mass is 16.2. The lowest BCUT2D eigenvalue weighted by Gasteiger charge is -2.22. The molecule has 3 heterocycles. The Kier molecular flexibility index (Phi) is 3.04. The van der Waals surface area contributed by atoms with Crippen molar-refractivity contribution in [3.05, 3.63) is 35.2 Å². The molecule has 0 saturated carbocycles. The predicted molar refractivity (Wildman–Crippen MR) is 68.1 cm³/mol. The molecule has 0 fully saturated rings. The van der Waals surface area contributed by atoms with Gasteiger partial charge in [0.15, 0.2) is 0 Å². The van der Waals surface area contributed by atoms with Gasteiger partial charge in [0.1, 0.15) is 0 Å². The van der Waals surface area contributed by atoms with Gasteiger partial charge in [0.05, 0.1) is 30.0 Å². The second kappa shape index (κ2) is 4.85. The van der Waals surface area contributed by atoms with E-state index in [1.54, 1.807) is 12.5 Å². The third-order valence-electron chi connectivity index (χ3n) is 3.43. The second-order valence-electron chi connectivity index (χ2n) is 4.70. The van der Waals surface area contributed by atoms with Gasteiger partial charge in [0.25, 0.3) is 0 Å². The molecule has 1 amide bonds. The van der Waals surface area contributed by atoms with Gasteiger partial charge in [-0.2, -0.15) is 5.10 Å². The first-order chi connectivity index (χ1) is 9.24. The number of amides is 1. The van der Waals surface area contributed by atoms with E-state index >= 15 is 0 Å². The Morgan fingerprint density at radius 2 is 2.47 bits per heavy atom. The highest BCUT2D eigenvalue weighted by molar-refractivity contribution is 5.82. The number of hydrogen-bond donors (Lipinski definition) is 4. The molecule has 7 nitrogen and oxygen atoms in total. The van der Waals surface area contributed by atoms with Crippen LogP contribution in [0.25, 0.3) is 0 Å². The molecule has 7 heteroatoms. The van der Waals surface area contributed by atoms with Gasteiger partial charge >= 0.3 is 0 Å². The van der Waals surface area contributed by atoms with Crippen molar-refractivity contribution in [3.63, 3.8) is 0 Å². The van der Waals surface area contributed by atoms with Crippen LogP contribution in [0.15, 0.2) is 12.5 Å². The molecule has 1 aliphatic rings. The Bertz CT molecular complexity index is 587. The summed E-state index contributed by atoms with van der Waals surface area (Å²) in [5, 5.41) is 12.9. The Morgan fingerprint density at radius 1 is 1.58 bits per heavy atom. The molecule has 1 unspecified atom stereocenters. The summed E-state index contributed by atoms with van der Waals surface area (Å²) >= 11 is 0. The molecular formula is C12H16N6O. The summed E-state index contributed by atoms with van der Waals surface area (Å²) in [5.41, 5.74) is 4.02. The molecule has 1 atom stereocenters. The maximum atomic E-state index is 12.1. The van der Waals surface area contributed by atoms with E-state index < -0.39 is 0 Å². The van der Waals surface area contributed by atoms with E-state index in [9.17, 15) is 4.79 Å². The van der Waals surface area contributed by atoms with E-state index in [1.165, 1.54) is 0 Å². The average Bonchev–Trinajstić information content (AvgIpc) is 3.03. The Morgan fingerprint density at radius 3 is 3.26 bits per heavy atom. The zero-order valence-corrected chi connectivity index (χ0v) is 10.7. The molecule has 0 spiro atoms. The summed E-state index contributed by atoms with van der Waals surface area (Å²) in [6.07, 6.45) is 4.02. The van der Waals surface area contributed by atoms with Crippen molar-refractivity contribution in [3.8, 4) is 0 Å². The fourth-order valence-corrected chi connectivity index (χ4v) is 2.21. The van der Waals surface area contributed by atoms with Crippen molar-refractivity contribution in [1.29, 1.82) is 0 Å². The predicted octanol–water partition coefficient (Wildman–Crippen LogP) is -0.228. The fourth-order valence-electron chi connectivity index (χ4n) is 2.21. The minimum atomic E-state index is -0.219. The average molecular weight is 260 g/mol. The number of H-pyrrole nitrogens is 2. The van der Waals surface area contributed by atoms with Gasteiger partial charge in [-0.3, -0.25) is 15.2 Å². The lowest BCUT2D eigenvalue weighted by Crippen LogP contribution is -2.47. The molecule has 0 bridgehead atoms. The van der Waals surface area contributed by atoms with Gasteiger partial charge < -0.3 is 10.3 Å². The molecule has 3 rings (SSSR count). The quantitative estimate of drug-likeness (QED) is 0.613. The van der Waals surface area contributed by atoms with Crippen molar-refractivity contribution >= 4 is 5.91 Å². The van der Waals surface area contributed by atoms with E-state index in [4.69, 9.17) is 0 Å². The van der Waals surface area contributed by atoms with Crippen LogP contribution in [0.4, 0.5) is 0 Å². The van der Waals surface area contributed by atoms with Crippen LogP contribution in [0.5, 0.6) is 0 Å². The highest BCUT2D eigenvalue weighted by Crippen LogP contribution is 2.12. The zero-order valence-electron chi connectivity index (χ0n) is 10.7. The smallest absolute Gasteiger partial charge is 0.237 e. The molecule has 0 saturated heterocycles. The van der Waals surface area contributed by atoms with Gasteiger partial charge in [0.2, 0.25) is 5.91 Å². The number of nitrogens with zero attached hydrogens (tertiary/aromatic N) is 2. The van der Waals surface area contributed by atoms with Crippen molar-refractivity contribution in [1.82, 2.24) is 30.8 Å². The summed E-state index contributed by atoms with van der Waals surface area (Å²) < 4.78 is 0. The Balaban J connectivity index is 1.58. The molecule has 4 N–H and O–H groups in total. The molecule has 2 aromatic heterocycles. The summed E-state index contributed by atoms with van der Waals surface area (Å²) in [7, 11) is 0. The third-order valence-corrected chi connectivity index (χ3v) is 3.43. The summed E-state index contributed by atoms with van der Waals surface area (Å²) in [6, 6.07) is -0.219.